The molecule has 1 aliphatic rings. The van der Waals surface area contributed by atoms with Gasteiger partial charge < -0.3 is 9.47 Å². The Balaban J connectivity index is 1.95. The second-order valence-electron chi connectivity index (χ2n) is 4.41. The van der Waals surface area contributed by atoms with Crippen molar-refractivity contribution in [3.8, 4) is 6.07 Å². The van der Waals surface area contributed by atoms with Gasteiger partial charge in [-0.25, -0.2) is 4.98 Å². The monoisotopic (exact) mass is 233 g/mol. The third kappa shape index (κ3) is 2.42. The molecule has 1 fully saturated rings. The first kappa shape index (κ1) is 11.9. The molecule has 1 aliphatic heterocycles. The lowest BCUT2D eigenvalue weighted by molar-refractivity contribution is 0.215. The van der Waals surface area contributed by atoms with Crippen molar-refractivity contribution in [2.24, 2.45) is 7.05 Å². The third-order valence-electron chi connectivity index (χ3n) is 3.37. The Morgan fingerprint density at radius 2 is 2.12 bits per heavy atom. The summed E-state index contributed by atoms with van der Waals surface area (Å²) < 4.78 is 2.04. The largest absolute Gasteiger partial charge is 0.340 e. The third-order valence-corrected chi connectivity index (χ3v) is 3.37. The molecule has 0 saturated carbocycles. The predicted molar refractivity (Wildman–Crippen MR) is 66.7 cm³/mol. The van der Waals surface area contributed by atoms with Crippen molar-refractivity contribution in [3.63, 3.8) is 0 Å². The quantitative estimate of drug-likeness (QED) is 0.776. The van der Waals surface area contributed by atoms with Crippen molar-refractivity contribution in [2.75, 3.05) is 31.1 Å². The summed E-state index contributed by atoms with van der Waals surface area (Å²) in [4.78, 5) is 8.90. The predicted octanol–water partition coefficient (Wildman–Crippen LogP) is 0.844. The molecule has 0 radical (unpaired) electrons. The van der Waals surface area contributed by atoms with Crippen molar-refractivity contribution in [1.29, 1.82) is 5.26 Å². The average molecular weight is 233 g/mol. The molecule has 5 heteroatoms. The summed E-state index contributed by atoms with van der Waals surface area (Å²) in [6.45, 7) is 5.85. The van der Waals surface area contributed by atoms with E-state index in [0.29, 0.717) is 0 Å². The molecule has 0 N–H and O–H groups in total. The van der Waals surface area contributed by atoms with Crippen LogP contribution in [-0.2, 0) is 7.05 Å². The zero-order chi connectivity index (χ0) is 12.3. The molecule has 1 aromatic heterocycles. The van der Waals surface area contributed by atoms with Crippen LogP contribution in [0, 0.1) is 11.3 Å². The van der Waals surface area contributed by atoms with Crippen LogP contribution in [0.1, 0.15) is 13.3 Å². The standard InChI is InChI=1S/C12H19N5/c1-3-11(10-13)16-6-8-17(9-7-16)12-14-4-5-15(12)2/h4-5,11H,3,6-9H2,1-2H3. The van der Waals surface area contributed by atoms with E-state index in [1.54, 1.807) is 0 Å². The fourth-order valence-electron chi connectivity index (χ4n) is 2.33. The zero-order valence-corrected chi connectivity index (χ0v) is 10.5. The minimum absolute atomic E-state index is 0.0681. The lowest BCUT2D eigenvalue weighted by Gasteiger charge is -2.37. The SMILES string of the molecule is CCC(C#N)N1CCN(c2nccn2C)CC1. The van der Waals surface area contributed by atoms with E-state index in [1.165, 1.54) is 0 Å². The van der Waals surface area contributed by atoms with E-state index in [4.69, 9.17) is 5.26 Å². The Bertz CT molecular complexity index is 397. The number of nitrogens with zero attached hydrogens (tertiary/aromatic N) is 5. The smallest absolute Gasteiger partial charge is 0.205 e. The lowest BCUT2D eigenvalue weighted by atomic mass is 10.2. The van der Waals surface area contributed by atoms with E-state index in [0.717, 1.165) is 38.5 Å². The number of hydrogen-bond acceptors (Lipinski definition) is 4. The summed E-state index contributed by atoms with van der Waals surface area (Å²) >= 11 is 0. The Morgan fingerprint density at radius 3 is 2.59 bits per heavy atom. The van der Waals surface area contributed by atoms with Crippen LogP contribution in [0.4, 0.5) is 5.95 Å². The van der Waals surface area contributed by atoms with Crippen molar-refractivity contribution in [2.45, 2.75) is 19.4 Å². The normalized spacial score (nSPS) is 19.0. The first-order valence-electron chi connectivity index (χ1n) is 6.12. The summed E-state index contributed by atoms with van der Waals surface area (Å²) in [7, 11) is 2.01. The van der Waals surface area contributed by atoms with Gasteiger partial charge in [-0.3, -0.25) is 4.90 Å². The summed E-state index contributed by atoms with van der Waals surface area (Å²) in [6, 6.07) is 2.44. The Hall–Kier alpha value is -1.54. The highest BCUT2D eigenvalue weighted by Gasteiger charge is 2.23. The Labute approximate surface area is 102 Å². The van der Waals surface area contributed by atoms with Crippen LogP contribution < -0.4 is 4.90 Å². The summed E-state index contributed by atoms with van der Waals surface area (Å²) in [5.74, 6) is 1.02. The number of imidazole rings is 1. The van der Waals surface area contributed by atoms with Gasteiger partial charge in [-0.05, 0) is 6.42 Å². The molecule has 1 atom stereocenters. The van der Waals surface area contributed by atoms with Crippen molar-refractivity contribution in [3.05, 3.63) is 12.4 Å². The van der Waals surface area contributed by atoms with Crippen LogP contribution in [0.2, 0.25) is 0 Å². The second kappa shape index (κ2) is 5.19. The van der Waals surface area contributed by atoms with Crippen LogP contribution in [0.3, 0.4) is 0 Å². The first-order chi connectivity index (χ1) is 8.26. The van der Waals surface area contributed by atoms with Gasteiger partial charge in [0.05, 0.1) is 12.1 Å². The van der Waals surface area contributed by atoms with Crippen molar-refractivity contribution >= 4 is 5.95 Å². The molecule has 0 spiro atoms. The average Bonchev–Trinajstić information content (AvgIpc) is 2.78. The first-order valence-corrected chi connectivity index (χ1v) is 6.12. The second-order valence-corrected chi connectivity index (χ2v) is 4.41. The number of nitriles is 1. The Kier molecular flexibility index (Phi) is 3.64. The van der Waals surface area contributed by atoms with Gasteiger partial charge in [0.25, 0.3) is 0 Å². The fraction of sp³-hybridized carbons (Fsp3) is 0.667. The molecular weight excluding hydrogens is 214 g/mol. The maximum atomic E-state index is 9.05. The van der Waals surface area contributed by atoms with Crippen molar-refractivity contribution < 1.29 is 0 Å². The molecule has 1 aromatic rings. The van der Waals surface area contributed by atoms with Crippen LogP contribution in [-0.4, -0.2) is 46.7 Å². The molecule has 0 aromatic carbocycles. The molecule has 2 rings (SSSR count). The van der Waals surface area contributed by atoms with Gasteiger partial charge in [0, 0.05) is 45.6 Å². The van der Waals surface area contributed by atoms with Gasteiger partial charge in [-0.2, -0.15) is 5.26 Å². The van der Waals surface area contributed by atoms with Crippen LogP contribution in [0.15, 0.2) is 12.4 Å². The van der Waals surface area contributed by atoms with Gasteiger partial charge in [-0.15, -0.1) is 0 Å². The van der Waals surface area contributed by atoms with Crippen LogP contribution >= 0.6 is 0 Å². The minimum Gasteiger partial charge on any atom is -0.340 e. The number of anilines is 1. The molecule has 92 valence electrons. The molecular formula is C12H19N5. The number of hydrogen-bond donors (Lipinski definition) is 0. The van der Waals surface area contributed by atoms with E-state index >= 15 is 0 Å². The van der Waals surface area contributed by atoms with Gasteiger partial charge in [0.2, 0.25) is 5.95 Å². The van der Waals surface area contributed by atoms with Crippen LogP contribution in [0.25, 0.3) is 0 Å². The molecule has 0 aliphatic carbocycles. The minimum atomic E-state index is 0.0681. The van der Waals surface area contributed by atoms with E-state index in [2.05, 4.69) is 27.8 Å². The van der Waals surface area contributed by atoms with Gasteiger partial charge >= 0.3 is 0 Å². The number of rotatable bonds is 3. The zero-order valence-electron chi connectivity index (χ0n) is 10.5. The maximum Gasteiger partial charge on any atom is 0.205 e. The summed E-state index contributed by atoms with van der Waals surface area (Å²) in [6.07, 6.45) is 4.69. The van der Waals surface area contributed by atoms with E-state index in [-0.39, 0.29) is 6.04 Å². The summed E-state index contributed by atoms with van der Waals surface area (Å²) in [5.41, 5.74) is 0. The molecule has 0 bridgehead atoms. The molecule has 17 heavy (non-hydrogen) atoms. The topological polar surface area (TPSA) is 48.1 Å². The molecule has 5 nitrogen and oxygen atoms in total. The van der Waals surface area contributed by atoms with Crippen LogP contribution in [0.5, 0.6) is 0 Å². The van der Waals surface area contributed by atoms with E-state index in [1.807, 2.05) is 24.0 Å². The highest BCUT2D eigenvalue weighted by molar-refractivity contribution is 5.31. The maximum absolute atomic E-state index is 9.05. The van der Waals surface area contributed by atoms with Gasteiger partial charge in [0.1, 0.15) is 0 Å². The Morgan fingerprint density at radius 1 is 1.41 bits per heavy atom. The van der Waals surface area contributed by atoms with Gasteiger partial charge in [0.15, 0.2) is 0 Å². The summed E-state index contributed by atoms with van der Waals surface area (Å²) in [5, 5.41) is 9.05. The number of aromatic nitrogens is 2. The van der Waals surface area contributed by atoms with E-state index < -0.39 is 0 Å². The van der Waals surface area contributed by atoms with Crippen molar-refractivity contribution in [1.82, 2.24) is 14.5 Å². The highest BCUT2D eigenvalue weighted by Crippen LogP contribution is 2.14. The highest BCUT2D eigenvalue weighted by atomic mass is 15.3. The number of aryl methyl sites for hydroxylation is 1. The fourth-order valence-corrected chi connectivity index (χ4v) is 2.33. The lowest BCUT2D eigenvalue weighted by Crippen LogP contribution is -2.50. The van der Waals surface area contributed by atoms with Gasteiger partial charge in [-0.1, -0.05) is 6.92 Å². The molecule has 1 unspecified atom stereocenters. The number of piperazine rings is 1. The molecule has 1 saturated heterocycles. The molecule has 2 heterocycles. The molecule has 0 amide bonds. The van der Waals surface area contributed by atoms with E-state index in [9.17, 15) is 0 Å².